The van der Waals surface area contributed by atoms with E-state index in [2.05, 4.69) is 45.2 Å². The van der Waals surface area contributed by atoms with E-state index in [-0.39, 0.29) is 0 Å². The Hall–Kier alpha value is 1.30. The van der Waals surface area contributed by atoms with Crippen molar-refractivity contribution in [3.05, 3.63) is 0 Å². The summed E-state index contributed by atoms with van der Waals surface area (Å²) in [5.41, 5.74) is 11.1. The van der Waals surface area contributed by atoms with Gasteiger partial charge in [0.2, 0.25) is 0 Å². The molecule has 6 heteroatoms. The highest BCUT2D eigenvalue weighted by atomic mass is 127. The van der Waals surface area contributed by atoms with E-state index in [9.17, 15) is 10.2 Å². The maximum absolute atomic E-state index is 9.42. The van der Waals surface area contributed by atoms with Gasteiger partial charge in [0.25, 0.3) is 0 Å². The first kappa shape index (κ1) is 13.3. The smallest absolute Gasteiger partial charge is 0.0972 e. The van der Waals surface area contributed by atoms with E-state index in [0.717, 1.165) is 0 Å². The number of hydrogen-bond acceptors (Lipinski definition) is 4. The third-order valence-corrected chi connectivity index (χ3v) is 3.62. The number of alkyl halides is 2. The largest absolute Gasteiger partial charge is 0.389 e. The average Bonchev–Trinajstić information content (AvgIpc) is 2.12. The molecule has 0 radical (unpaired) electrons. The molecule has 0 heterocycles. The van der Waals surface area contributed by atoms with Gasteiger partial charge in [-0.25, -0.2) is 0 Å². The third kappa shape index (κ3) is 4.01. The molecule has 0 rings (SSSR count). The highest BCUT2D eigenvalue weighted by Gasteiger charge is 2.26. The molecule has 0 amide bonds. The lowest BCUT2D eigenvalue weighted by atomic mass is 10.0. The summed E-state index contributed by atoms with van der Waals surface area (Å²) in [7, 11) is 0. The molecule has 6 N–H and O–H groups in total. The Kier molecular flexibility index (Phi) is 7.44. The molecule has 0 spiro atoms. The van der Waals surface area contributed by atoms with Gasteiger partial charge < -0.3 is 21.7 Å². The van der Waals surface area contributed by atoms with Gasteiger partial charge in [0, 0.05) is 20.9 Å². The van der Waals surface area contributed by atoms with Crippen molar-refractivity contribution in [1.82, 2.24) is 0 Å². The van der Waals surface area contributed by atoms with E-state index in [4.69, 9.17) is 11.5 Å². The fourth-order valence-electron chi connectivity index (χ4n) is 0.689. The standard InChI is InChI=1S/C6H14I2N2O2/c7-1-3(9)5(11)6(12)4(10)2-8/h3-6,11-12H,1-2,9-10H2/t3-,4-,5+,6+/m0/s1. The summed E-state index contributed by atoms with van der Waals surface area (Å²) in [6.07, 6.45) is -1.85. The monoisotopic (exact) mass is 400 g/mol. The number of rotatable bonds is 5. The molecular formula is C6H14I2N2O2. The van der Waals surface area contributed by atoms with Crippen LogP contribution in [0.4, 0.5) is 0 Å². The van der Waals surface area contributed by atoms with E-state index < -0.39 is 24.3 Å². The molecule has 0 saturated carbocycles. The number of aliphatic hydroxyl groups excluding tert-OH is 2. The number of halogens is 2. The summed E-state index contributed by atoms with van der Waals surface area (Å²) in [6.45, 7) is 0. The Morgan fingerprint density at radius 3 is 1.33 bits per heavy atom. The number of aliphatic hydroxyl groups is 2. The molecule has 0 aliphatic carbocycles. The summed E-state index contributed by atoms with van der Waals surface area (Å²) >= 11 is 4.12. The predicted molar refractivity (Wildman–Crippen MR) is 65.7 cm³/mol. The summed E-state index contributed by atoms with van der Waals surface area (Å²) in [6, 6.07) is -0.816. The molecular weight excluding hydrogens is 386 g/mol. The first-order valence-corrected chi connectivity index (χ1v) is 6.59. The zero-order chi connectivity index (χ0) is 9.72. The van der Waals surface area contributed by atoms with Crippen LogP contribution in [0.15, 0.2) is 0 Å². The maximum atomic E-state index is 9.42. The Morgan fingerprint density at radius 1 is 0.917 bits per heavy atom. The Bertz CT molecular complexity index is 114. The van der Waals surface area contributed by atoms with Crippen molar-refractivity contribution in [2.24, 2.45) is 11.5 Å². The van der Waals surface area contributed by atoms with E-state index in [1.807, 2.05) is 0 Å². The molecule has 12 heavy (non-hydrogen) atoms. The lowest BCUT2D eigenvalue weighted by molar-refractivity contribution is -0.000960. The van der Waals surface area contributed by atoms with E-state index >= 15 is 0 Å². The van der Waals surface area contributed by atoms with E-state index in [1.165, 1.54) is 0 Å². The molecule has 0 aromatic rings. The SMILES string of the molecule is N[C@@H](CI)[C@@H](O)[C@H](O)[C@@H](N)CI. The van der Waals surface area contributed by atoms with Crippen LogP contribution in [0.2, 0.25) is 0 Å². The fourth-order valence-corrected chi connectivity index (χ4v) is 1.73. The Labute approximate surface area is 99.4 Å². The van der Waals surface area contributed by atoms with Crippen molar-refractivity contribution in [2.75, 3.05) is 8.86 Å². The van der Waals surface area contributed by atoms with Crippen LogP contribution in [0.25, 0.3) is 0 Å². The van der Waals surface area contributed by atoms with Crippen molar-refractivity contribution in [3.63, 3.8) is 0 Å². The van der Waals surface area contributed by atoms with Gasteiger partial charge in [0.05, 0.1) is 12.2 Å². The van der Waals surface area contributed by atoms with Gasteiger partial charge in [-0.05, 0) is 0 Å². The lowest BCUT2D eigenvalue weighted by Gasteiger charge is -2.25. The number of hydrogen-bond donors (Lipinski definition) is 4. The van der Waals surface area contributed by atoms with Gasteiger partial charge in [-0.15, -0.1) is 0 Å². The van der Waals surface area contributed by atoms with Crippen LogP contribution < -0.4 is 11.5 Å². The summed E-state index contributed by atoms with van der Waals surface area (Å²) in [5.74, 6) is 0. The van der Waals surface area contributed by atoms with Gasteiger partial charge in [0.15, 0.2) is 0 Å². The first-order chi connectivity index (χ1) is 5.54. The van der Waals surface area contributed by atoms with Gasteiger partial charge >= 0.3 is 0 Å². The van der Waals surface area contributed by atoms with Crippen LogP contribution in [0.1, 0.15) is 0 Å². The Balaban J connectivity index is 3.99. The van der Waals surface area contributed by atoms with Crippen LogP contribution in [-0.4, -0.2) is 43.4 Å². The quantitative estimate of drug-likeness (QED) is 0.361. The van der Waals surface area contributed by atoms with Crippen LogP contribution in [0.5, 0.6) is 0 Å². The van der Waals surface area contributed by atoms with Crippen molar-refractivity contribution in [2.45, 2.75) is 24.3 Å². The molecule has 0 aliphatic heterocycles. The van der Waals surface area contributed by atoms with Crippen LogP contribution in [0.3, 0.4) is 0 Å². The van der Waals surface area contributed by atoms with Gasteiger partial charge in [0.1, 0.15) is 0 Å². The van der Waals surface area contributed by atoms with E-state index in [0.29, 0.717) is 8.86 Å². The average molecular weight is 400 g/mol. The molecule has 0 unspecified atom stereocenters. The molecule has 74 valence electrons. The normalized spacial score (nSPS) is 21.5. The van der Waals surface area contributed by atoms with Crippen molar-refractivity contribution < 1.29 is 10.2 Å². The highest BCUT2D eigenvalue weighted by molar-refractivity contribution is 14.1. The molecule has 0 fully saturated rings. The first-order valence-electron chi connectivity index (χ1n) is 3.53. The molecule has 0 aliphatic rings. The molecule has 4 atom stereocenters. The van der Waals surface area contributed by atoms with Crippen molar-refractivity contribution in [1.29, 1.82) is 0 Å². The second kappa shape index (κ2) is 6.71. The topological polar surface area (TPSA) is 92.5 Å². The lowest BCUT2D eigenvalue weighted by Crippen LogP contribution is -2.52. The molecule has 0 aromatic carbocycles. The maximum Gasteiger partial charge on any atom is 0.0972 e. The molecule has 0 aromatic heterocycles. The molecule has 4 nitrogen and oxygen atoms in total. The fraction of sp³-hybridized carbons (Fsp3) is 1.00. The van der Waals surface area contributed by atoms with Gasteiger partial charge in [-0.2, -0.15) is 0 Å². The van der Waals surface area contributed by atoms with Crippen LogP contribution in [-0.2, 0) is 0 Å². The van der Waals surface area contributed by atoms with Crippen LogP contribution in [0, 0.1) is 0 Å². The molecule has 0 saturated heterocycles. The second-order valence-corrected chi connectivity index (χ2v) is 4.38. The Morgan fingerprint density at radius 2 is 1.17 bits per heavy atom. The summed E-state index contributed by atoms with van der Waals surface area (Å²) < 4.78 is 1.20. The summed E-state index contributed by atoms with van der Waals surface area (Å²) in [5, 5.41) is 18.8. The van der Waals surface area contributed by atoms with E-state index in [1.54, 1.807) is 0 Å². The minimum absolute atomic E-state index is 0.408. The summed E-state index contributed by atoms with van der Waals surface area (Å²) in [4.78, 5) is 0. The third-order valence-electron chi connectivity index (χ3n) is 1.58. The van der Waals surface area contributed by atoms with Gasteiger partial charge in [-0.3, -0.25) is 0 Å². The number of nitrogens with two attached hydrogens (primary N) is 2. The molecule has 0 bridgehead atoms. The predicted octanol–water partition coefficient (Wildman–Crippen LogP) is -0.767. The zero-order valence-electron chi connectivity index (χ0n) is 6.53. The zero-order valence-corrected chi connectivity index (χ0v) is 10.8. The minimum Gasteiger partial charge on any atom is -0.389 e. The van der Waals surface area contributed by atoms with Crippen molar-refractivity contribution in [3.8, 4) is 0 Å². The van der Waals surface area contributed by atoms with Crippen molar-refractivity contribution >= 4 is 45.2 Å². The minimum atomic E-state index is -0.924. The highest BCUT2D eigenvalue weighted by Crippen LogP contribution is 2.06. The second-order valence-electron chi connectivity index (χ2n) is 2.62. The van der Waals surface area contributed by atoms with Crippen LogP contribution >= 0.6 is 45.2 Å². The van der Waals surface area contributed by atoms with Gasteiger partial charge in [-0.1, -0.05) is 45.2 Å².